The van der Waals surface area contributed by atoms with Crippen LogP contribution in [0.25, 0.3) is 22.0 Å². The fourth-order valence-corrected chi connectivity index (χ4v) is 7.50. The van der Waals surface area contributed by atoms with Crippen LogP contribution in [0.5, 0.6) is 0 Å². The summed E-state index contributed by atoms with van der Waals surface area (Å²) in [5.74, 6) is -2.22. The third-order valence-corrected chi connectivity index (χ3v) is 9.22. The highest BCUT2D eigenvalue weighted by Gasteiger charge is 2.42. The fourth-order valence-electron chi connectivity index (χ4n) is 6.02. The van der Waals surface area contributed by atoms with Crippen LogP contribution >= 0.6 is 23.4 Å². The number of aromatic nitrogens is 2. The highest BCUT2D eigenvalue weighted by atomic mass is 35.5. The number of alkyl halides is 3. The number of nitrogens with zero attached hydrogens (tertiary/aromatic N) is 4. The predicted molar refractivity (Wildman–Crippen MR) is 162 cm³/mol. The van der Waals surface area contributed by atoms with Gasteiger partial charge in [0.05, 0.1) is 40.8 Å². The Hall–Kier alpha value is -3.10. The SMILES string of the molecule is COC[C@H]1CSc2c(-c3cc(Cl)c(F)cc3F)c(C(F)(F)F)cc3c(N4C[C@@H](C)N(C(=O)OC(C)(C)C)[C@@H](C)C4)nc(=O)n1c23. The largest absolute Gasteiger partial charge is 0.444 e. The number of amides is 1. The van der Waals surface area contributed by atoms with Gasteiger partial charge in [-0.05, 0) is 46.8 Å². The number of methoxy groups -OCH3 is 1. The van der Waals surface area contributed by atoms with Crippen LogP contribution in [-0.2, 0) is 15.7 Å². The summed E-state index contributed by atoms with van der Waals surface area (Å²) >= 11 is 6.93. The van der Waals surface area contributed by atoms with Gasteiger partial charge in [0, 0.05) is 53.4 Å². The van der Waals surface area contributed by atoms with Gasteiger partial charge in [-0.1, -0.05) is 11.6 Å². The van der Waals surface area contributed by atoms with Gasteiger partial charge in [0.2, 0.25) is 0 Å². The first kappa shape index (κ1) is 33.3. The zero-order chi connectivity index (χ0) is 33.2. The topological polar surface area (TPSA) is 76.9 Å². The molecule has 0 N–H and O–H groups in total. The minimum absolute atomic E-state index is 0.00312. The Kier molecular flexibility index (Phi) is 8.81. The zero-order valence-electron chi connectivity index (χ0n) is 25.4. The van der Waals surface area contributed by atoms with Crippen molar-refractivity contribution in [2.75, 3.05) is 37.5 Å². The summed E-state index contributed by atoms with van der Waals surface area (Å²) in [6.07, 6.45) is -5.51. The molecule has 2 aliphatic rings. The molecule has 2 aliphatic heterocycles. The number of thioether (sulfide) groups is 1. The summed E-state index contributed by atoms with van der Waals surface area (Å²) in [5, 5.41) is -0.531. The van der Waals surface area contributed by atoms with Gasteiger partial charge in [0.1, 0.15) is 23.1 Å². The maximum Gasteiger partial charge on any atom is 0.417 e. The van der Waals surface area contributed by atoms with Crippen molar-refractivity contribution in [3.63, 3.8) is 0 Å². The lowest BCUT2D eigenvalue weighted by atomic mass is 9.95. The molecule has 0 radical (unpaired) electrons. The first-order valence-electron chi connectivity index (χ1n) is 14.2. The van der Waals surface area contributed by atoms with Gasteiger partial charge < -0.3 is 14.4 Å². The third-order valence-electron chi connectivity index (χ3n) is 7.70. The van der Waals surface area contributed by atoms with E-state index in [1.54, 1.807) is 44.4 Å². The fraction of sp³-hybridized carbons (Fsp3) is 0.500. The molecule has 0 saturated carbocycles. The molecule has 3 atom stereocenters. The van der Waals surface area contributed by atoms with Crippen molar-refractivity contribution in [1.29, 1.82) is 0 Å². The van der Waals surface area contributed by atoms with E-state index in [2.05, 4.69) is 4.98 Å². The molecule has 3 aromatic rings. The van der Waals surface area contributed by atoms with Gasteiger partial charge in [-0.15, -0.1) is 11.8 Å². The summed E-state index contributed by atoms with van der Waals surface area (Å²) in [6, 6.07) is 0.621. The molecule has 244 valence electrons. The van der Waals surface area contributed by atoms with E-state index < -0.39 is 75.0 Å². The molecule has 1 aromatic heterocycles. The second-order valence-corrected chi connectivity index (χ2v) is 13.7. The average molecular weight is 675 g/mol. The molecule has 45 heavy (non-hydrogen) atoms. The van der Waals surface area contributed by atoms with Crippen molar-refractivity contribution in [1.82, 2.24) is 14.5 Å². The lowest BCUT2D eigenvalue weighted by molar-refractivity contribution is -0.137. The maximum absolute atomic E-state index is 15.2. The molecule has 2 aromatic carbocycles. The van der Waals surface area contributed by atoms with Gasteiger partial charge in [-0.25, -0.2) is 18.4 Å². The number of carbonyl (C=O) groups excluding carboxylic acids is 1. The summed E-state index contributed by atoms with van der Waals surface area (Å²) in [7, 11) is 1.44. The number of hydrogen-bond acceptors (Lipinski definition) is 7. The molecule has 0 aliphatic carbocycles. The van der Waals surface area contributed by atoms with Gasteiger partial charge in [-0.2, -0.15) is 18.2 Å². The Morgan fingerprint density at radius 2 is 1.73 bits per heavy atom. The third kappa shape index (κ3) is 6.20. The van der Waals surface area contributed by atoms with Crippen molar-refractivity contribution in [3.05, 3.63) is 50.9 Å². The van der Waals surface area contributed by atoms with Crippen LogP contribution in [0, 0.1) is 11.6 Å². The first-order chi connectivity index (χ1) is 20.9. The second-order valence-electron chi connectivity index (χ2n) is 12.3. The standard InChI is InChI=1S/C30H32ClF5N4O4S/c1-14-10-38(11-15(2)39(14)28(42)44-29(3,4)5)26-18-7-19(30(34,35)36)23(17-8-20(31)22(33)9-21(17)32)25-24(18)40(27(41)37-26)16(12-43-6)13-45-25/h7-9,14-16H,10-13H2,1-6H3/t14-,15+,16-/m0/s1. The number of ether oxygens (including phenoxy) is 2. The lowest BCUT2D eigenvalue weighted by Crippen LogP contribution is -2.60. The molecule has 1 amide bonds. The molecule has 1 fully saturated rings. The van der Waals surface area contributed by atoms with Crippen LogP contribution in [0.2, 0.25) is 5.02 Å². The van der Waals surface area contributed by atoms with E-state index in [-0.39, 0.29) is 47.1 Å². The van der Waals surface area contributed by atoms with E-state index in [9.17, 15) is 27.2 Å². The van der Waals surface area contributed by atoms with Gasteiger partial charge in [0.15, 0.2) is 0 Å². The summed E-state index contributed by atoms with van der Waals surface area (Å²) in [4.78, 5) is 34.2. The molecular formula is C30H32ClF5N4O4S. The Balaban J connectivity index is 1.77. The van der Waals surface area contributed by atoms with Crippen molar-refractivity contribution in [2.45, 2.75) is 69.4 Å². The quantitative estimate of drug-likeness (QED) is 0.215. The number of halogens is 6. The minimum Gasteiger partial charge on any atom is -0.444 e. The molecule has 15 heteroatoms. The monoisotopic (exact) mass is 674 g/mol. The van der Waals surface area contributed by atoms with Crippen molar-refractivity contribution < 1.29 is 36.2 Å². The van der Waals surface area contributed by atoms with Crippen LogP contribution in [0.4, 0.5) is 32.6 Å². The smallest absolute Gasteiger partial charge is 0.417 e. The molecule has 5 rings (SSSR count). The average Bonchev–Trinajstić information content (AvgIpc) is 2.91. The zero-order valence-corrected chi connectivity index (χ0v) is 27.0. The number of hydrogen-bond donors (Lipinski definition) is 0. The van der Waals surface area contributed by atoms with Gasteiger partial charge in [-0.3, -0.25) is 9.47 Å². The van der Waals surface area contributed by atoms with Gasteiger partial charge in [0.25, 0.3) is 0 Å². The van der Waals surface area contributed by atoms with Gasteiger partial charge >= 0.3 is 18.0 Å². The lowest BCUT2D eigenvalue weighted by Gasteiger charge is -2.45. The van der Waals surface area contributed by atoms with Crippen molar-refractivity contribution in [3.8, 4) is 11.1 Å². The second kappa shape index (κ2) is 11.9. The van der Waals surface area contributed by atoms with Crippen LogP contribution in [0.1, 0.15) is 46.2 Å². The Morgan fingerprint density at radius 3 is 2.31 bits per heavy atom. The van der Waals surface area contributed by atoms with E-state index in [0.29, 0.717) is 6.07 Å². The van der Waals surface area contributed by atoms with Crippen LogP contribution in [0.15, 0.2) is 27.9 Å². The minimum atomic E-state index is -4.98. The molecule has 0 unspecified atom stereocenters. The highest BCUT2D eigenvalue weighted by Crippen LogP contribution is 2.50. The number of carbonyl (C=O) groups is 1. The highest BCUT2D eigenvalue weighted by molar-refractivity contribution is 7.99. The Bertz CT molecular complexity index is 1720. The molecule has 0 spiro atoms. The molecule has 8 nitrogen and oxygen atoms in total. The number of benzene rings is 2. The van der Waals surface area contributed by atoms with E-state index >= 15 is 4.39 Å². The van der Waals surface area contributed by atoms with Crippen LogP contribution in [-0.4, -0.2) is 70.8 Å². The number of piperazine rings is 1. The van der Waals surface area contributed by atoms with E-state index in [1.165, 1.54) is 11.7 Å². The van der Waals surface area contributed by atoms with E-state index in [1.807, 2.05) is 0 Å². The molecule has 0 bridgehead atoms. The first-order valence-corrected chi connectivity index (χ1v) is 15.5. The van der Waals surface area contributed by atoms with E-state index in [4.69, 9.17) is 21.1 Å². The van der Waals surface area contributed by atoms with Crippen LogP contribution < -0.4 is 10.6 Å². The number of rotatable bonds is 4. The normalized spacial score (nSPS) is 20.6. The predicted octanol–water partition coefficient (Wildman–Crippen LogP) is 7.14. The summed E-state index contributed by atoms with van der Waals surface area (Å²) in [5.41, 5.74) is -3.62. The van der Waals surface area contributed by atoms with E-state index in [0.717, 1.165) is 23.9 Å². The van der Waals surface area contributed by atoms with Crippen molar-refractivity contribution in [2.24, 2.45) is 0 Å². The Morgan fingerprint density at radius 1 is 1.09 bits per heavy atom. The maximum atomic E-state index is 15.2. The Labute approximate surface area is 265 Å². The molecular weight excluding hydrogens is 643 g/mol. The molecule has 3 heterocycles. The number of anilines is 1. The summed E-state index contributed by atoms with van der Waals surface area (Å²) < 4.78 is 86.0. The molecule has 1 saturated heterocycles. The van der Waals surface area contributed by atoms with Crippen LogP contribution in [0.3, 0.4) is 0 Å². The van der Waals surface area contributed by atoms with Crippen molar-refractivity contribution >= 4 is 46.2 Å². The summed E-state index contributed by atoms with van der Waals surface area (Å²) in [6.45, 7) is 9.14.